The normalized spacial score (nSPS) is 10.3. The predicted molar refractivity (Wildman–Crippen MR) is 63.8 cm³/mol. The summed E-state index contributed by atoms with van der Waals surface area (Å²) in [5, 5.41) is -0.715. The predicted octanol–water partition coefficient (Wildman–Crippen LogP) is 2.32. The van der Waals surface area contributed by atoms with E-state index in [0.717, 1.165) is 17.7 Å². The smallest absolute Gasteiger partial charge is 0.0682 e. The number of nitrogens with zero attached hydrogens (tertiary/aromatic N) is 1. The van der Waals surface area contributed by atoms with Gasteiger partial charge in [0.1, 0.15) is 0 Å². The lowest BCUT2D eigenvalue weighted by molar-refractivity contribution is 0.797. The van der Waals surface area contributed by atoms with Crippen LogP contribution >= 0.6 is 0 Å². The Bertz CT molecular complexity index is 272. The van der Waals surface area contributed by atoms with Gasteiger partial charge in [0.25, 0.3) is 0 Å². The fourth-order valence-electron chi connectivity index (χ4n) is 1.04. The number of pyridine rings is 1. The molecule has 1 aromatic rings. The summed E-state index contributed by atoms with van der Waals surface area (Å²) in [5.41, 5.74) is 1.89. The first-order valence-electron chi connectivity index (χ1n) is 5.07. The van der Waals surface area contributed by atoms with E-state index in [0.29, 0.717) is 0 Å². The number of aromatic nitrogens is 1. The summed E-state index contributed by atoms with van der Waals surface area (Å²) in [6.07, 6.45) is 2.45. The molecular weight excluding hydrogens is 168 g/mol. The second-order valence-electron chi connectivity index (χ2n) is 3.08. The van der Waals surface area contributed by atoms with Gasteiger partial charge in [-0.1, -0.05) is 38.0 Å². The zero-order valence-corrected chi connectivity index (χ0v) is 9.54. The Morgan fingerprint density at radius 2 is 1.93 bits per heavy atom. The summed E-state index contributed by atoms with van der Waals surface area (Å²) >= 11 is 0. The zero-order chi connectivity index (χ0) is 11.2. The molecule has 4 radical (unpaired) electrons. The van der Waals surface area contributed by atoms with Crippen molar-refractivity contribution in [3.8, 4) is 0 Å². The van der Waals surface area contributed by atoms with Crippen LogP contribution in [0.1, 0.15) is 38.4 Å². The van der Waals surface area contributed by atoms with Crippen LogP contribution in [0.15, 0.2) is 18.3 Å². The minimum Gasteiger partial charge on any atom is -0.262 e. The molecule has 0 saturated heterocycles. The van der Waals surface area contributed by atoms with Crippen molar-refractivity contribution < 1.29 is 0 Å². The van der Waals surface area contributed by atoms with E-state index in [1.54, 1.807) is 6.20 Å². The first-order chi connectivity index (χ1) is 6.56. The van der Waals surface area contributed by atoms with Crippen LogP contribution in [0.4, 0.5) is 0 Å². The number of rotatable bonds is 2. The Morgan fingerprint density at radius 1 is 1.36 bits per heavy atom. The second-order valence-corrected chi connectivity index (χ2v) is 3.08. The van der Waals surface area contributed by atoms with Crippen LogP contribution in [0.25, 0.3) is 0 Å². The van der Waals surface area contributed by atoms with Gasteiger partial charge in [-0.05, 0) is 19.1 Å². The van der Waals surface area contributed by atoms with E-state index in [9.17, 15) is 0 Å². The minimum atomic E-state index is -0.715. The van der Waals surface area contributed by atoms with Crippen molar-refractivity contribution in [2.45, 2.75) is 39.3 Å². The van der Waals surface area contributed by atoms with Crippen molar-refractivity contribution in [1.82, 2.24) is 4.98 Å². The standard InChI is InChI=1S/C9H11B2N.C2H6/c1-3-9(10,11)8-4-5-12-7(2)6-8;1-2/h4-6H,3H2,1-2H3;1-2H3. The summed E-state index contributed by atoms with van der Waals surface area (Å²) < 4.78 is 0. The maximum absolute atomic E-state index is 5.86. The third-order valence-corrected chi connectivity index (χ3v) is 2.02. The molecule has 0 saturated carbocycles. The molecule has 14 heavy (non-hydrogen) atoms. The topological polar surface area (TPSA) is 12.9 Å². The quantitative estimate of drug-likeness (QED) is 0.644. The lowest BCUT2D eigenvalue weighted by Gasteiger charge is -2.24. The van der Waals surface area contributed by atoms with Crippen molar-refractivity contribution in [3.63, 3.8) is 0 Å². The Hall–Kier alpha value is -0.720. The average Bonchev–Trinajstić information content (AvgIpc) is 2.21. The van der Waals surface area contributed by atoms with Gasteiger partial charge in [-0.3, -0.25) is 4.98 Å². The minimum absolute atomic E-state index is 0.715. The van der Waals surface area contributed by atoms with Crippen LogP contribution in [0.5, 0.6) is 0 Å². The monoisotopic (exact) mass is 185 g/mol. The molecule has 0 spiro atoms. The van der Waals surface area contributed by atoms with Crippen LogP contribution in [0, 0.1) is 6.92 Å². The summed E-state index contributed by atoms with van der Waals surface area (Å²) in [4.78, 5) is 4.08. The van der Waals surface area contributed by atoms with Gasteiger partial charge in [-0.2, -0.15) is 0 Å². The fourth-order valence-corrected chi connectivity index (χ4v) is 1.04. The van der Waals surface area contributed by atoms with Crippen molar-refractivity contribution in [2.75, 3.05) is 0 Å². The third kappa shape index (κ3) is 3.57. The Morgan fingerprint density at radius 3 is 2.36 bits per heavy atom. The molecule has 72 valence electrons. The van der Waals surface area contributed by atoms with E-state index >= 15 is 0 Å². The maximum atomic E-state index is 5.86. The third-order valence-electron chi connectivity index (χ3n) is 2.02. The van der Waals surface area contributed by atoms with Gasteiger partial charge in [0.2, 0.25) is 0 Å². The van der Waals surface area contributed by atoms with Crippen LogP contribution < -0.4 is 0 Å². The largest absolute Gasteiger partial charge is 0.262 e. The summed E-state index contributed by atoms with van der Waals surface area (Å²) in [6.45, 7) is 7.89. The lowest BCUT2D eigenvalue weighted by atomic mass is 9.50. The first kappa shape index (κ1) is 13.3. The fraction of sp³-hybridized carbons (Fsp3) is 0.545. The number of hydrogen-bond acceptors (Lipinski definition) is 1. The highest BCUT2D eigenvalue weighted by Gasteiger charge is 2.16. The molecule has 1 rings (SSSR count). The highest BCUT2D eigenvalue weighted by molar-refractivity contribution is 6.40. The van der Waals surface area contributed by atoms with Gasteiger partial charge in [0.15, 0.2) is 0 Å². The van der Waals surface area contributed by atoms with E-state index in [2.05, 4.69) is 4.98 Å². The zero-order valence-electron chi connectivity index (χ0n) is 9.54. The second kappa shape index (κ2) is 5.90. The molecule has 1 aromatic heterocycles. The van der Waals surface area contributed by atoms with Crippen LogP contribution in [-0.4, -0.2) is 20.7 Å². The molecule has 1 nitrogen and oxygen atoms in total. The highest BCUT2D eigenvalue weighted by atomic mass is 14.6. The van der Waals surface area contributed by atoms with E-state index in [-0.39, 0.29) is 0 Å². The molecule has 0 atom stereocenters. The molecule has 1 heterocycles. The van der Waals surface area contributed by atoms with Crippen molar-refractivity contribution in [1.29, 1.82) is 0 Å². The molecule has 0 aliphatic carbocycles. The summed E-state index contributed by atoms with van der Waals surface area (Å²) in [5.74, 6) is 0. The number of hydrogen-bond donors (Lipinski definition) is 0. The SMILES string of the molecule is CC.[B]C([B])(CC)c1ccnc(C)c1. The molecule has 0 fully saturated rings. The van der Waals surface area contributed by atoms with Gasteiger partial charge in [-0.25, -0.2) is 0 Å². The van der Waals surface area contributed by atoms with Crippen molar-refractivity contribution in [2.24, 2.45) is 0 Å². The van der Waals surface area contributed by atoms with Crippen molar-refractivity contribution >= 4 is 15.7 Å². The first-order valence-corrected chi connectivity index (χ1v) is 5.07. The Balaban J connectivity index is 0.000000791. The molecule has 0 aromatic carbocycles. The van der Waals surface area contributed by atoms with E-state index in [1.807, 2.05) is 39.8 Å². The molecule has 0 aliphatic heterocycles. The maximum Gasteiger partial charge on any atom is 0.0682 e. The Kier molecular flexibility index (Phi) is 5.59. The molecular formula is C11H17B2N. The van der Waals surface area contributed by atoms with E-state index in [4.69, 9.17) is 15.7 Å². The van der Waals surface area contributed by atoms with E-state index < -0.39 is 5.21 Å². The average molecular weight is 185 g/mol. The molecule has 0 aliphatic rings. The van der Waals surface area contributed by atoms with Crippen LogP contribution in [0.2, 0.25) is 0 Å². The van der Waals surface area contributed by atoms with Gasteiger partial charge in [0, 0.05) is 11.9 Å². The lowest BCUT2D eigenvalue weighted by Crippen LogP contribution is -2.25. The highest BCUT2D eigenvalue weighted by Crippen LogP contribution is 2.19. The van der Waals surface area contributed by atoms with Crippen LogP contribution in [0.3, 0.4) is 0 Å². The summed E-state index contributed by atoms with van der Waals surface area (Å²) in [7, 11) is 11.7. The summed E-state index contributed by atoms with van der Waals surface area (Å²) in [6, 6.07) is 3.78. The van der Waals surface area contributed by atoms with Gasteiger partial charge in [0.05, 0.1) is 15.7 Å². The van der Waals surface area contributed by atoms with Gasteiger partial charge >= 0.3 is 0 Å². The number of aryl methyl sites for hydroxylation is 1. The van der Waals surface area contributed by atoms with Gasteiger partial charge < -0.3 is 0 Å². The molecule has 3 heteroatoms. The molecule has 0 amide bonds. The molecule has 0 unspecified atom stereocenters. The van der Waals surface area contributed by atoms with E-state index in [1.165, 1.54) is 0 Å². The molecule has 0 N–H and O–H groups in total. The van der Waals surface area contributed by atoms with Gasteiger partial charge in [-0.15, -0.1) is 0 Å². The molecule has 0 bridgehead atoms. The Labute approximate surface area is 90.2 Å². The van der Waals surface area contributed by atoms with Crippen LogP contribution in [-0.2, 0) is 5.21 Å². The van der Waals surface area contributed by atoms with Crippen molar-refractivity contribution in [3.05, 3.63) is 29.6 Å².